The first-order valence-electron chi connectivity index (χ1n) is 19.1. The van der Waals surface area contributed by atoms with E-state index in [9.17, 15) is 45.0 Å². The molecule has 54 heavy (non-hydrogen) atoms. The predicted octanol–water partition coefficient (Wildman–Crippen LogP) is 1.10. The summed E-state index contributed by atoms with van der Waals surface area (Å²) in [5.41, 5.74) is 11.7. The number of hydrogen-bond donors (Lipinski definition) is 8. The van der Waals surface area contributed by atoms with Crippen LogP contribution in [0.25, 0.3) is 0 Å². The molecule has 3 heterocycles. The van der Waals surface area contributed by atoms with Gasteiger partial charge in [-0.05, 0) is 32.6 Å². The summed E-state index contributed by atoms with van der Waals surface area (Å²) in [7, 11) is 0. The number of rotatable bonds is 6. The quantitative estimate of drug-likeness (QED) is 0.176. The Hall–Kier alpha value is -2.83. The van der Waals surface area contributed by atoms with E-state index < -0.39 is 103 Å². The summed E-state index contributed by atoms with van der Waals surface area (Å²) in [6.07, 6.45) is 3.91. The largest absolute Gasteiger partial charge is 0.462 e. The zero-order chi connectivity index (χ0) is 40.0. The van der Waals surface area contributed by atoms with Gasteiger partial charge in [-0.2, -0.15) is 0 Å². The first-order valence-corrected chi connectivity index (χ1v) is 19.1. The SMILES string of the molecule is CCCC1C/C=C/C=C/C=C/C=C/[C@H](OC2O[C@H](C)[C@@H](O)[C@H](N)[C@@H]2O)CC2OC(O)(CC(O)[C@H]2C(N)=O)C[C@@H](O)CCCC(=O)C[C@@H](O)C(CC)C(=O)O1. The summed E-state index contributed by atoms with van der Waals surface area (Å²) in [6.45, 7) is 5.29. The number of ketones is 1. The molecule has 2 bridgehead atoms. The number of amides is 1. The maximum Gasteiger partial charge on any atom is 0.311 e. The average molecular weight is 767 g/mol. The Morgan fingerprint density at radius 3 is 2.33 bits per heavy atom. The number of aliphatic hydroxyl groups excluding tert-OH is 5. The van der Waals surface area contributed by atoms with E-state index in [2.05, 4.69) is 0 Å². The van der Waals surface area contributed by atoms with Gasteiger partial charge in [0.05, 0.1) is 60.6 Å². The van der Waals surface area contributed by atoms with Gasteiger partial charge in [0.25, 0.3) is 0 Å². The van der Waals surface area contributed by atoms with E-state index in [1.807, 2.05) is 13.0 Å². The molecule has 2 saturated heterocycles. The highest BCUT2D eigenvalue weighted by molar-refractivity contribution is 5.80. The molecule has 3 aliphatic heterocycles. The van der Waals surface area contributed by atoms with Gasteiger partial charge in [-0.1, -0.05) is 68.9 Å². The van der Waals surface area contributed by atoms with Gasteiger partial charge in [0.2, 0.25) is 5.91 Å². The van der Waals surface area contributed by atoms with E-state index in [1.165, 1.54) is 0 Å². The van der Waals surface area contributed by atoms with Gasteiger partial charge in [-0.15, -0.1) is 0 Å². The molecular formula is C39H62N2O13. The zero-order valence-electron chi connectivity index (χ0n) is 31.6. The number of cyclic esters (lactones) is 1. The van der Waals surface area contributed by atoms with Crippen LogP contribution in [0.4, 0.5) is 0 Å². The highest BCUT2D eigenvalue weighted by atomic mass is 16.7. The molecule has 6 unspecified atom stereocenters. The number of aliphatic hydroxyl groups is 6. The average Bonchev–Trinajstić information content (AvgIpc) is 3.08. The molecule has 3 aliphatic rings. The van der Waals surface area contributed by atoms with Crippen molar-refractivity contribution in [3.63, 3.8) is 0 Å². The van der Waals surface area contributed by atoms with Crippen LogP contribution in [-0.4, -0.2) is 121 Å². The van der Waals surface area contributed by atoms with Gasteiger partial charge in [-0.3, -0.25) is 14.4 Å². The number of Topliss-reactive ketones (excluding diaryl/α,β-unsaturated/α-hetero) is 1. The van der Waals surface area contributed by atoms with Crippen molar-refractivity contribution in [3.05, 3.63) is 48.6 Å². The van der Waals surface area contributed by atoms with Crippen molar-refractivity contribution < 1.29 is 64.0 Å². The number of esters is 1. The fourth-order valence-electron chi connectivity index (χ4n) is 7.20. The zero-order valence-corrected chi connectivity index (χ0v) is 31.6. The molecule has 15 nitrogen and oxygen atoms in total. The Bertz CT molecular complexity index is 1320. The maximum absolute atomic E-state index is 13.0. The summed E-state index contributed by atoms with van der Waals surface area (Å²) in [4.78, 5) is 38.4. The van der Waals surface area contributed by atoms with Gasteiger partial charge in [0, 0.05) is 38.5 Å². The van der Waals surface area contributed by atoms with Crippen LogP contribution in [0.3, 0.4) is 0 Å². The normalized spacial score (nSPS) is 42.3. The smallest absolute Gasteiger partial charge is 0.311 e. The Morgan fingerprint density at radius 1 is 0.981 bits per heavy atom. The predicted molar refractivity (Wildman–Crippen MR) is 197 cm³/mol. The van der Waals surface area contributed by atoms with Crippen LogP contribution < -0.4 is 11.5 Å². The van der Waals surface area contributed by atoms with Crippen molar-refractivity contribution >= 4 is 17.7 Å². The highest BCUT2D eigenvalue weighted by Crippen LogP contribution is 2.38. The number of allylic oxidation sites excluding steroid dienone is 6. The Labute approximate surface area is 317 Å². The molecule has 14 atom stereocenters. The molecule has 1 amide bonds. The second-order valence-electron chi connectivity index (χ2n) is 14.7. The molecule has 0 aromatic rings. The van der Waals surface area contributed by atoms with Crippen molar-refractivity contribution in [1.29, 1.82) is 0 Å². The van der Waals surface area contributed by atoms with Gasteiger partial charge in [-0.25, -0.2) is 0 Å². The van der Waals surface area contributed by atoms with Crippen LogP contribution in [0.5, 0.6) is 0 Å². The van der Waals surface area contributed by atoms with E-state index in [1.54, 1.807) is 56.4 Å². The summed E-state index contributed by atoms with van der Waals surface area (Å²) < 4.78 is 23.6. The number of carbonyl (C=O) groups is 3. The second-order valence-corrected chi connectivity index (χ2v) is 14.7. The van der Waals surface area contributed by atoms with Crippen LogP contribution >= 0.6 is 0 Å². The Kier molecular flexibility index (Phi) is 18.6. The molecule has 2 fully saturated rings. The van der Waals surface area contributed by atoms with Crippen molar-refractivity contribution in [2.45, 2.75) is 164 Å². The van der Waals surface area contributed by atoms with Crippen LogP contribution in [0, 0.1) is 11.8 Å². The summed E-state index contributed by atoms with van der Waals surface area (Å²) in [5, 5.41) is 65.3. The van der Waals surface area contributed by atoms with Crippen molar-refractivity contribution in [2.24, 2.45) is 23.3 Å². The lowest BCUT2D eigenvalue weighted by atomic mass is 9.82. The van der Waals surface area contributed by atoms with Crippen LogP contribution in [0.15, 0.2) is 48.6 Å². The van der Waals surface area contributed by atoms with Gasteiger partial charge >= 0.3 is 5.97 Å². The minimum Gasteiger partial charge on any atom is -0.462 e. The molecule has 0 aromatic heterocycles. The third kappa shape index (κ3) is 13.7. The Balaban J connectivity index is 1.90. The number of nitrogens with two attached hydrogens (primary N) is 2. The van der Waals surface area contributed by atoms with Crippen LogP contribution in [0.1, 0.15) is 91.4 Å². The number of ether oxygens (including phenoxy) is 4. The number of carbonyl (C=O) groups excluding carboxylic acids is 3. The van der Waals surface area contributed by atoms with Gasteiger partial charge in [0.1, 0.15) is 18.0 Å². The third-order valence-electron chi connectivity index (χ3n) is 10.2. The number of hydrogen-bond acceptors (Lipinski definition) is 14. The van der Waals surface area contributed by atoms with E-state index in [-0.39, 0.29) is 50.7 Å². The Morgan fingerprint density at radius 2 is 1.67 bits per heavy atom. The molecule has 0 saturated carbocycles. The molecule has 15 heteroatoms. The summed E-state index contributed by atoms with van der Waals surface area (Å²) in [5.74, 6) is -6.00. The first-order chi connectivity index (χ1) is 25.6. The van der Waals surface area contributed by atoms with E-state index >= 15 is 0 Å². The minimum atomic E-state index is -2.10. The molecule has 0 aliphatic carbocycles. The monoisotopic (exact) mass is 766 g/mol. The fraction of sp³-hybridized carbons (Fsp3) is 0.718. The van der Waals surface area contributed by atoms with E-state index in [0.717, 1.165) is 6.42 Å². The van der Waals surface area contributed by atoms with E-state index in [4.69, 9.17) is 30.4 Å². The summed E-state index contributed by atoms with van der Waals surface area (Å²) >= 11 is 0. The third-order valence-corrected chi connectivity index (χ3v) is 10.2. The second kappa shape index (κ2) is 22.0. The number of fused-ring (bicyclic) bond motifs is 2. The van der Waals surface area contributed by atoms with Crippen LogP contribution in [0.2, 0.25) is 0 Å². The maximum atomic E-state index is 13.0. The summed E-state index contributed by atoms with van der Waals surface area (Å²) in [6, 6.07) is -1.08. The first kappa shape index (κ1) is 45.6. The minimum absolute atomic E-state index is 0.00114. The lowest BCUT2D eigenvalue weighted by molar-refractivity contribution is -0.306. The van der Waals surface area contributed by atoms with Crippen molar-refractivity contribution in [3.8, 4) is 0 Å². The fourth-order valence-corrected chi connectivity index (χ4v) is 7.20. The number of primary amides is 1. The lowest BCUT2D eigenvalue weighted by Crippen LogP contribution is -2.61. The molecule has 306 valence electrons. The standard InChI is InChI=1S/C39H62N2O13/c1-4-14-26-17-11-9-7-6-8-10-12-18-27(53-38-35(47)33(40)34(46)23(3)51-38)20-31-32(36(41)48)30(45)22-39(50,54-31)21-25(43)16-13-15-24(42)19-29(44)28(5-2)37(49)52-26/h6-12,18,23,25-35,38,43-47,50H,4-5,13-17,19-22,40H2,1-3H3,(H2,41,48)/b7-6+,10-8+,11-9+,18-12+/t23-,25+,26?,27+,28?,29-,30?,31?,32-,33+,34-,35+,38?,39?/m1/s1. The molecule has 3 rings (SSSR count). The molecule has 0 spiro atoms. The van der Waals surface area contributed by atoms with Crippen molar-refractivity contribution in [1.82, 2.24) is 0 Å². The molecule has 0 aromatic carbocycles. The van der Waals surface area contributed by atoms with Gasteiger partial charge < -0.3 is 61.1 Å². The molecular weight excluding hydrogens is 704 g/mol. The topological polar surface area (TPSA) is 262 Å². The molecule has 0 radical (unpaired) electrons. The van der Waals surface area contributed by atoms with Crippen LogP contribution in [-0.2, 0) is 33.3 Å². The molecule has 10 N–H and O–H groups in total. The van der Waals surface area contributed by atoms with Gasteiger partial charge in [0.15, 0.2) is 12.1 Å². The van der Waals surface area contributed by atoms with Crippen molar-refractivity contribution in [2.75, 3.05) is 0 Å². The van der Waals surface area contributed by atoms with E-state index in [0.29, 0.717) is 12.8 Å². The highest BCUT2D eigenvalue weighted by Gasteiger charge is 2.50. The lowest BCUT2D eigenvalue weighted by Gasteiger charge is -2.45.